The van der Waals surface area contributed by atoms with E-state index >= 15 is 0 Å². The number of sulfone groups is 1. The van der Waals surface area contributed by atoms with E-state index in [1.807, 2.05) is 6.07 Å². The van der Waals surface area contributed by atoms with E-state index in [2.05, 4.69) is 4.98 Å². The highest BCUT2D eigenvalue weighted by atomic mass is 32.2. The molecule has 0 aliphatic heterocycles. The van der Waals surface area contributed by atoms with Crippen LogP contribution in [0.1, 0.15) is 16.8 Å². The number of rotatable bonds is 6. The van der Waals surface area contributed by atoms with Crippen molar-refractivity contribution in [2.45, 2.75) is 11.5 Å². The van der Waals surface area contributed by atoms with Crippen LogP contribution >= 0.6 is 0 Å². The third-order valence-electron chi connectivity index (χ3n) is 3.73. The second kappa shape index (κ2) is 7.42. The Labute approximate surface area is 151 Å². The van der Waals surface area contributed by atoms with Gasteiger partial charge in [-0.1, -0.05) is 12.1 Å². The topological polar surface area (TPSA) is 93.2 Å². The van der Waals surface area contributed by atoms with Crippen LogP contribution in [-0.2, 0) is 21.3 Å². The molecular weight excluding hydrogens is 352 g/mol. The lowest BCUT2D eigenvalue weighted by Crippen LogP contribution is -2.08. The van der Waals surface area contributed by atoms with Crippen LogP contribution in [0.5, 0.6) is 5.75 Å². The van der Waals surface area contributed by atoms with Gasteiger partial charge in [0.25, 0.3) is 0 Å². The van der Waals surface area contributed by atoms with Crippen LogP contribution in [0.15, 0.2) is 59.2 Å². The zero-order valence-electron chi connectivity index (χ0n) is 14.0. The van der Waals surface area contributed by atoms with Gasteiger partial charge >= 0.3 is 0 Å². The fraction of sp³-hybridized carbons (Fsp3) is 0.158. The Hall–Kier alpha value is -3.11. The second-order valence-electron chi connectivity index (χ2n) is 5.71. The Morgan fingerprint density at radius 1 is 1.08 bits per heavy atom. The molecule has 0 amide bonds. The lowest BCUT2D eigenvalue weighted by Gasteiger charge is -2.03. The molecule has 7 heteroatoms. The van der Waals surface area contributed by atoms with E-state index in [-0.39, 0.29) is 11.5 Å². The first-order chi connectivity index (χ1) is 12.5. The molecule has 3 rings (SSSR count). The quantitative estimate of drug-likeness (QED) is 0.662. The zero-order chi connectivity index (χ0) is 18.6. The van der Waals surface area contributed by atoms with Crippen molar-refractivity contribution in [2.24, 2.45) is 0 Å². The Bertz CT molecular complexity index is 1030. The van der Waals surface area contributed by atoms with Gasteiger partial charge in [-0.15, -0.1) is 0 Å². The highest BCUT2D eigenvalue weighted by Gasteiger charge is 2.17. The van der Waals surface area contributed by atoms with Crippen molar-refractivity contribution in [3.05, 3.63) is 71.6 Å². The molecule has 0 N–H and O–H groups in total. The number of nitriles is 1. The highest BCUT2D eigenvalue weighted by Crippen LogP contribution is 2.23. The maximum absolute atomic E-state index is 12.4. The van der Waals surface area contributed by atoms with E-state index in [4.69, 9.17) is 14.4 Å². The maximum Gasteiger partial charge on any atom is 0.226 e. The predicted molar refractivity (Wildman–Crippen MR) is 96.0 cm³/mol. The van der Waals surface area contributed by atoms with E-state index in [1.165, 1.54) is 6.26 Å². The molecule has 0 aliphatic carbocycles. The Morgan fingerprint density at radius 3 is 2.38 bits per heavy atom. The normalized spacial score (nSPS) is 11.1. The van der Waals surface area contributed by atoms with Gasteiger partial charge in [0.2, 0.25) is 5.89 Å². The molecule has 1 heterocycles. The lowest BCUT2D eigenvalue weighted by molar-refractivity contribution is 0.415. The molecule has 0 bridgehead atoms. The summed E-state index contributed by atoms with van der Waals surface area (Å²) in [6.07, 6.45) is 1.36. The molecule has 1 aromatic heterocycles. The van der Waals surface area contributed by atoms with Gasteiger partial charge in [0, 0.05) is 5.56 Å². The molecule has 0 unspecified atom stereocenters. The number of hydrogen-bond donors (Lipinski definition) is 0. The summed E-state index contributed by atoms with van der Waals surface area (Å²) in [5, 5.41) is 8.79. The minimum absolute atomic E-state index is 0.122. The number of ether oxygens (including phenoxy) is 1. The maximum atomic E-state index is 12.4. The van der Waals surface area contributed by atoms with Crippen LogP contribution < -0.4 is 4.74 Å². The summed E-state index contributed by atoms with van der Waals surface area (Å²) in [5.74, 6) is 0.734. The van der Waals surface area contributed by atoms with Gasteiger partial charge in [-0.2, -0.15) is 5.26 Å². The first-order valence-corrected chi connectivity index (χ1v) is 9.59. The third kappa shape index (κ3) is 4.29. The number of nitrogens with zero attached hydrogens (tertiary/aromatic N) is 2. The highest BCUT2D eigenvalue weighted by molar-refractivity contribution is 7.89. The van der Waals surface area contributed by atoms with Crippen molar-refractivity contribution in [1.29, 1.82) is 5.26 Å². The van der Waals surface area contributed by atoms with Crippen LogP contribution in [-0.4, -0.2) is 20.5 Å². The molecule has 0 atom stereocenters. The third-order valence-corrected chi connectivity index (χ3v) is 5.23. The summed E-state index contributed by atoms with van der Waals surface area (Å²) < 4.78 is 35.3. The number of methoxy groups -OCH3 is 1. The molecule has 0 saturated heterocycles. The monoisotopic (exact) mass is 368 g/mol. The summed E-state index contributed by atoms with van der Waals surface area (Å²) in [7, 11) is -1.83. The van der Waals surface area contributed by atoms with Crippen LogP contribution in [0.3, 0.4) is 0 Å². The van der Waals surface area contributed by atoms with Gasteiger partial charge in [-0.05, 0) is 42.0 Å². The molecule has 0 radical (unpaired) electrons. The molecular formula is C19H16N2O4S. The molecule has 0 spiro atoms. The zero-order valence-corrected chi connectivity index (χ0v) is 14.9. The van der Waals surface area contributed by atoms with Gasteiger partial charge in [0.1, 0.15) is 12.0 Å². The first kappa shape index (κ1) is 17.7. The molecule has 2 aromatic carbocycles. The van der Waals surface area contributed by atoms with Crippen LogP contribution in [0.25, 0.3) is 11.5 Å². The van der Waals surface area contributed by atoms with Crippen LogP contribution in [0, 0.1) is 11.3 Å². The van der Waals surface area contributed by atoms with Crippen molar-refractivity contribution in [1.82, 2.24) is 4.98 Å². The van der Waals surface area contributed by atoms with Gasteiger partial charge < -0.3 is 9.15 Å². The van der Waals surface area contributed by atoms with E-state index in [0.29, 0.717) is 28.5 Å². The molecule has 132 valence electrons. The molecule has 0 aliphatic rings. The minimum atomic E-state index is -3.41. The summed E-state index contributed by atoms with van der Waals surface area (Å²) in [6.45, 7) is 0. The van der Waals surface area contributed by atoms with Crippen molar-refractivity contribution in [2.75, 3.05) is 7.11 Å². The second-order valence-corrected chi connectivity index (χ2v) is 7.78. The smallest absolute Gasteiger partial charge is 0.226 e. The summed E-state index contributed by atoms with van der Waals surface area (Å²) in [6, 6.07) is 15.6. The van der Waals surface area contributed by atoms with E-state index in [0.717, 1.165) is 5.56 Å². The lowest BCUT2D eigenvalue weighted by atomic mass is 10.2. The molecule has 3 aromatic rings. The SMILES string of the molecule is COc1ccc(-c2nc(CS(=O)(=O)Cc3ccc(C#N)cc3)co2)cc1. The summed E-state index contributed by atoms with van der Waals surface area (Å²) in [5.41, 5.74) is 2.21. The van der Waals surface area contributed by atoms with Crippen molar-refractivity contribution >= 4 is 9.84 Å². The first-order valence-electron chi connectivity index (χ1n) is 7.77. The standard InChI is InChI=1S/C19H16N2O4S/c1-24-18-8-6-16(7-9-18)19-21-17(11-25-19)13-26(22,23)12-15-4-2-14(10-20)3-5-15/h2-9,11H,12-13H2,1H3. The van der Waals surface area contributed by atoms with E-state index in [1.54, 1.807) is 55.6 Å². The van der Waals surface area contributed by atoms with Gasteiger partial charge in [-0.25, -0.2) is 13.4 Å². The van der Waals surface area contributed by atoms with Crippen molar-refractivity contribution < 1.29 is 17.6 Å². The van der Waals surface area contributed by atoms with E-state index in [9.17, 15) is 8.42 Å². The van der Waals surface area contributed by atoms with Crippen molar-refractivity contribution in [3.63, 3.8) is 0 Å². The average Bonchev–Trinajstić information content (AvgIpc) is 3.09. The Morgan fingerprint density at radius 2 is 1.77 bits per heavy atom. The largest absolute Gasteiger partial charge is 0.497 e. The number of aromatic nitrogens is 1. The number of benzene rings is 2. The van der Waals surface area contributed by atoms with Crippen LogP contribution in [0.2, 0.25) is 0 Å². The van der Waals surface area contributed by atoms with Crippen molar-refractivity contribution in [3.8, 4) is 23.3 Å². The molecule has 26 heavy (non-hydrogen) atoms. The van der Waals surface area contributed by atoms with Gasteiger partial charge in [0.15, 0.2) is 9.84 Å². The Kier molecular flexibility index (Phi) is 5.05. The average molecular weight is 368 g/mol. The fourth-order valence-corrected chi connectivity index (χ4v) is 3.83. The predicted octanol–water partition coefficient (Wildman–Crippen LogP) is 3.34. The fourth-order valence-electron chi connectivity index (χ4n) is 2.45. The number of oxazole rings is 1. The molecule has 0 fully saturated rings. The van der Waals surface area contributed by atoms with E-state index < -0.39 is 9.84 Å². The molecule has 0 saturated carbocycles. The Balaban J connectivity index is 1.71. The van der Waals surface area contributed by atoms with Crippen LogP contribution in [0.4, 0.5) is 0 Å². The van der Waals surface area contributed by atoms with Gasteiger partial charge in [-0.3, -0.25) is 0 Å². The molecule has 6 nitrogen and oxygen atoms in total. The minimum Gasteiger partial charge on any atom is -0.497 e. The summed E-state index contributed by atoms with van der Waals surface area (Å²) >= 11 is 0. The number of hydrogen-bond acceptors (Lipinski definition) is 6. The van der Waals surface area contributed by atoms with Gasteiger partial charge in [0.05, 0.1) is 35.9 Å². The summed E-state index contributed by atoms with van der Waals surface area (Å²) in [4.78, 5) is 4.26.